The van der Waals surface area contributed by atoms with Crippen molar-refractivity contribution in [3.05, 3.63) is 23.9 Å². The fourth-order valence-corrected chi connectivity index (χ4v) is 2.94. The predicted octanol–water partition coefficient (Wildman–Crippen LogP) is 2.41. The molecule has 0 atom stereocenters. The van der Waals surface area contributed by atoms with Crippen LogP contribution < -0.4 is 5.73 Å². The lowest BCUT2D eigenvalue weighted by molar-refractivity contribution is 0.0579. The summed E-state index contributed by atoms with van der Waals surface area (Å²) in [4.78, 5) is 14.6. The number of hydrogen-bond acceptors (Lipinski definition) is 3. The van der Waals surface area contributed by atoms with Gasteiger partial charge in [-0.25, -0.2) is 0 Å². The molecule has 5 nitrogen and oxygen atoms in total. The molecule has 0 unspecified atom stereocenters. The number of H-pyrrole nitrogens is 1. The van der Waals surface area contributed by atoms with Crippen molar-refractivity contribution in [3.8, 4) is 0 Å². The number of hydrogen-bond donors (Lipinski definition) is 2. The smallest absolute Gasteiger partial charge is 0.275 e. The molecule has 3 rings (SSSR count). The van der Waals surface area contributed by atoms with Gasteiger partial charge in [-0.3, -0.25) is 9.89 Å². The fraction of sp³-hybridized carbons (Fsp3) is 0.467. The Kier molecular flexibility index (Phi) is 2.92. The summed E-state index contributed by atoms with van der Waals surface area (Å²) in [5, 5.41) is 7.89. The van der Waals surface area contributed by atoms with Crippen LogP contribution in [0.2, 0.25) is 0 Å². The van der Waals surface area contributed by atoms with Crippen molar-refractivity contribution < 1.29 is 4.79 Å². The van der Waals surface area contributed by atoms with E-state index in [-0.39, 0.29) is 11.3 Å². The second kappa shape index (κ2) is 4.51. The molecule has 5 heteroatoms. The molecule has 0 spiro atoms. The number of benzene rings is 1. The molecule has 0 saturated carbocycles. The maximum absolute atomic E-state index is 12.7. The van der Waals surface area contributed by atoms with Crippen LogP contribution in [0.25, 0.3) is 10.9 Å². The van der Waals surface area contributed by atoms with E-state index in [1.165, 1.54) is 0 Å². The van der Waals surface area contributed by atoms with Crippen LogP contribution in [0.4, 0.5) is 5.69 Å². The zero-order valence-corrected chi connectivity index (χ0v) is 11.9. The molecule has 0 radical (unpaired) electrons. The largest absolute Gasteiger partial charge is 0.399 e. The number of nitrogens with zero attached hydrogens (tertiary/aromatic N) is 2. The van der Waals surface area contributed by atoms with Gasteiger partial charge in [0.1, 0.15) is 0 Å². The molecule has 0 bridgehead atoms. The molecule has 1 fully saturated rings. The summed E-state index contributed by atoms with van der Waals surface area (Å²) in [5.41, 5.74) is 7.95. The van der Waals surface area contributed by atoms with Gasteiger partial charge in [0.15, 0.2) is 5.69 Å². The van der Waals surface area contributed by atoms with Gasteiger partial charge in [-0.15, -0.1) is 0 Å². The number of carbonyl (C=O) groups excluding carboxylic acids is 1. The zero-order valence-electron chi connectivity index (χ0n) is 11.9. The van der Waals surface area contributed by atoms with Crippen LogP contribution in [-0.2, 0) is 0 Å². The third-order valence-corrected chi connectivity index (χ3v) is 3.98. The van der Waals surface area contributed by atoms with Gasteiger partial charge < -0.3 is 10.6 Å². The topological polar surface area (TPSA) is 75.0 Å². The van der Waals surface area contributed by atoms with Gasteiger partial charge in [0, 0.05) is 24.2 Å². The van der Waals surface area contributed by atoms with Gasteiger partial charge in [-0.2, -0.15) is 5.10 Å². The number of aromatic nitrogens is 2. The number of likely N-dealkylation sites (tertiary alicyclic amines) is 1. The van der Waals surface area contributed by atoms with E-state index in [9.17, 15) is 4.79 Å². The number of amides is 1. The fourth-order valence-electron chi connectivity index (χ4n) is 2.94. The van der Waals surface area contributed by atoms with Crippen LogP contribution in [0, 0.1) is 5.41 Å². The van der Waals surface area contributed by atoms with E-state index in [2.05, 4.69) is 24.0 Å². The van der Waals surface area contributed by atoms with Crippen LogP contribution in [0.3, 0.4) is 0 Å². The maximum atomic E-state index is 12.7. The number of piperidine rings is 1. The molecule has 1 aliphatic rings. The second-order valence-electron chi connectivity index (χ2n) is 6.37. The van der Waals surface area contributed by atoms with Crippen molar-refractivity contribution in [1.82, 2.24) is 15.1 Å². The highest BCUT2D eigenvalue weighted by Gasteiger charge is 2.31. The van der Waals surface area contributed by atoms with Crippen LogP contribution in [0.5, 0.6) is 0 Å². The first-order valence-electron chi connectivity index (χ1n) is 6.99. The highest BCUT2D eigenvalue weighted by atomic mass is 16.2. The van der Waals surface area contributed by atoms with Crippen LogP contribution >= 0.6 is 0 Å². The monoisotopic (exact) mass is 272 g/mol. The zero-order chi connectivity index (χ0) is 14.3. The van der Waals surface area contributed by atoms with E-state index in [4.69, 9.17) is 5.73 Å². The Hall–Kier alpha value is -2.04. The van der Waals surface area contributed by atoms with Crippen molar-refractivity contribution in [2.24, 2.45) is 5.41 Å². The Morgan fingerprint density at radius 2 is 2.25 bits per heavy atom. The van der Waals surface area contributed by atoms with Gasteiger partial charge in [0.05, 0.1) is 5.52 Å². The third-order valence-electron chi connectivity index (χ3n) is 3.98. The number of nitrogens with one attached hydrogen (secondary N) is 1. The molecule has 20 heavy (non-hydrogen) atoms. The van der Waals surface area contributed by atoms with E-state index in [0.29, 0.717) is 11.4 Å². The van der Waals surface area contributed by atoms with E-state index in [1.54, 1.807) is 12.1 Å². The lowest BCUT2D eigenvalue weighted by atomic mass is 9.84. The number of rotatable bonds is 1. The summed E-state index contributed by atoms with van der Waals surface area (Å²) in [5.74, 6) is -0.00498. The summed E-state index contributed by atoms with van der Waals surface area (Å²) in [7, 11) is 0. The van der Waals surface area contributed by atoms with Crippen molar-refractivity contribution in [2.45, 2.75) is 26.7 Å². The Morgan fingerprint density at radius 1 is 1.45 bits per heavy atom. The van der Waals surface area contributed by atoms with Crippen molar-refractivity contribution >= 4 is 22.5 Å². The standard InChI is InChI=1S/C15H20N4O/c1-15(2)6-3-7-19(9-15)14(20)13-11-8-10(16)4-5-12(11)17-18-13/h4-5,8H,3,6-7,9,16H2,1-2H3,(H,17,18). The molecular formula is C15H20N4O. The highest BCUT2D eigenvalue weighted by molar-refractivity contribution is 6.05. The number of nitrogen functional groups attached to an aromatic ring is 1. The van der Waals surface area contributed by atoms with E-state index >= 15 is 0 Å². The predicted molar refractivity (Wildman–Crippen MR) is 79.4 cm³/mol. The van der Waals surface area contributed by atoms with E-state index in [1.807, 2.05) is 11.0 Å². The van der Waals surface area contributed by atoms with Crippen LogP contribution in [-0.4, -0.2) is 34.1 Å². The van der Waals surface area contributed by atoms with E-state index in [0.717, 1.165) is 36.8 Å². The quantitative estimate of drug-likeness (QED) is 0.783. The Bertz CT molecular complexity index is 659. The van der Waals surface area contributed by atoms with Crippen LogP contribution in [0.1, 0.15) is 37.2 Å². The first kappa shape index (κ1) is 13.0. The molecule has 1 aromatic carbocycles. The molecule has 2 heterocycles. The highest BCUT2D eigenvalue weighted by Crippen LogP contribution is 2.30. The van der Waals surface area contributed by atoms with Crippen molar-refractivity contribution in [2.75, 3.05) is 18.8 Å². The first-order valence-corrected chi connectivity index (χ1v) is 6.99. The maximum Gasteiger partial charge on any atom is 0.275 e. The summed E-state index contributed by atoms with van der Waals surface area (Å²) in [6, 6.07) is 5.47. The summed E-state index contributed by atoms with van der Waals surface area (Å²) in [6.45, 7) is 5.99. The Balaban J connectivity index is 1.94. The average Bonchev–Trinajstić information content (AvgIpc) is 2.79. The number of nitrogens with two attached hydrogens (primary N) is 1. The van der Waals surface area contributed by atoms with Gasteiger partial charge in [-0.05, 0) is 36.5 Å². The summed E-state index contributed by atoms with van der Waals surface area (Å²) in [6.07, 6.45) is 2.20. The molecular weight excluding hydrogens is 252 g/mol. The SMILES string of the molecule is CC1(C)CCCN(C(=O)c2n[nH]c3ccc(N)cc23)C1. The molecule has 1 saturated heterocycles. The Morgan fingerprint density at radius 3 is 3.00 bits per heavy atom. The summed E-state index contributed by atoms with van der Waals surface area (Å²) >= 11 is 0. The Labute approximate surface area is 118 Å². The van der Waals surface area contributed by atoms with Crippen molar-refractivity contribution in [3.63, 3.8) is 0 Å². The number of anilines is 1. The lowest BCUT2D eigenvalue weighted by Gasteiger charge is -2.37. The van der Waals surface area contributed by atoms with Gasteiger partial charge in [0.25, 0.3) is 5.91 Å². The first-order chi connectivity index (χ1) is 9.46. The summed E-state index contributed by atoms with van der Waals surface area (Å²) < 4.78 is 0. The molecule has 1 aliphatic heterocycles. The van der Waals surface area contributed by atoms with Gasteiger partial charge >= 0.3 is 0 Å². The molecule has 0 aliphatic carbocycles. The minimum atomic E-state index is -0.00498. The molecule has 3 N–H and O–H groups in total. The number of aromatic amines is 1. The van der Waals surface area contributed by atoms with Gasteiger partial charge in [0.2, 0.25) is 0 Å². The number of carbonyl (C=O) groups is 1. The van der Waals surface area contributed by atoms with Crippen LogP contribution in [0.15, 0.2) is 18.2 Å². The molecule has 1 amide bonds. The number of fused-ring (bicyclic) bond motifs is 1. The minimum absolute atomic E-state index is 0.00498. The van der Waals surface area contributed by atoms with Crippen molar-refractivity contribution in [1.29, 1.82) is 0 Å². The van der Waals surface area contributed by atoms with Gasteiger partial charge in [-0.1, -0.05) is 13.8 Å². The normalized spacial score (nSPS) is 18.4. The average molecular weight is 272 g/mol. The van der Waals surface area contributed by atoms with E-state index < -0.39 is 0 Å². The third kappa shape index (κ3) is 2.24. The molecule has 106 valence electrons. The minimum Gasteiger partial charge on any atom is -0.399 e. The second-order valence-corrected chi connectivity index (χ2v) is 6.37. The lowest BCUT2D eigenvalue weighted by Crippen LogP contribution is -2.43. The molecule has 2 aromatic rings. The molecule has 1 aromatic heterocycles.